The number of para-hydroxylation sites is 1. The maximum absolute atomic E-state index is 5.87. The highest BCUT2D eigenvalue weighted by Gasteiger charge is 2.14. The molecule has 0 radical (unpaired) electrons. The van der Waals surface area contributed by atoms with Crippen LogP contribution in [0.2, 0.25) is 0 Å². The number of pyridine rings is 3. The lowest BCUT2D eigenvalue weighted by Crippen LogP contribution is -1.89. The fourth-order valence-corrected chi connectivity index (χ4v) is 2.97. The standard InChI is InChI=1S/C19H11N3O/c1-2-4-14-12(3-1)5-6-15(22-14)19-18-13-7-9-20-11-17(13)23-16(18)8-10-21-19/h1-11H. The predicted molar refractivity (Wildman–Crippen MR) is 90.0 cm³/mol. The zero-order valence-corrected chi connectivity index (χ0v) is 12.1. The zero-order chi connectivity index (χ0) is 15.2. The van der Waals surface area contributed by atoms with Gasteiger partial charge in [-0.25, -0.2) is 4.98 Å². The van der Waals surface area contributed by atoms with Crippen molar-refractivity contribution in [3.05, 3.63) is 67.1 Å². The number of aromatic nitrogens is 3. The lowest BCUT2D eigenvalue weighted by atomic mass is 10.1. The molecule has 0 aliphatic rings. The van der Waals surface area contributed by atoms with Gasteiger partial charge in [0.15, 0.2) is 5.58 Å². The Balaban J connectivity index is 1.87. The molecule has 4 heterocycles. The Morgan fingerprint density at radius 3 is 2.78 bits per heavy atom. The molecule has 0 bridgehead atoms. The van der Waals surface area contributed by atoms with Gasteiger partial charge in [-0.2, -0.15) is 0 Å². The van der Waals surface area contributed by atoms with Crippen molar-refractivity contribution < 1.29 is 4.42 Å². The van der Waals surface area contributed by atoms with E-state index in [2.05, 4.69) is 22.1 Å². The third-order valence-corrected chi connectivity index (χ3v) is 4.03. The first-order chi connectivity index (χ1) is 11.4. The number of hydrogen-bond acceptors (Lipinski definition) is 4. The number of rotatable bonds is 1. The van der Waals surface area contributed by atoms with Crippen LogP contribution in [0.15, 0.2) is 71.5 Å². The van der Waals surface area contributed by atoms with Gasteiger partial charge in [0, 0.05) is 23.2 Å². The largest absolute Gasteiger partial charge is 0.454 e. The second kappa shape index (κ2) is 4.61. The van der Waals surface area contributed by atoms with Crippen LogP contribution in [0.4, 0.5) is 0 Å². The van der Waals surface area contributed by atoms with Crippen LogP contribution in [0.5, 0.6) is 0 Å². The minimum absolute atomic E-state index is 0.762. The van der Waals surface area contributed by atoms with Gasteiger partial charge in [0.05, 0.1) is 22.8 Å². The van der Waals surface area contributed by atoms with Crippen molar-refractivity contribution in [2.75, 3.05) is 0 Å². The summed E-state index contributed by atoms with van der Waals surface area (Å²) in [7, 11) is 0. The van der Waals surface area contributed by atoms with E-state index in [4.69, 9.17) is 9.40 Å². The van der Waals surface area contributed by atoms with Crippen LogP contribution in [0.3, 0.4) is 0 Å². The van der Waals surface area contributed by atoms with Gasteiger partial charge >= 0.3 is 0 Å². The lowest BCUT2D eigenvalue weighted by Gasteiger charge is -2.04. The molecular weight excluding hydrogens is 286 g/mol. The molecule has 0 amide bonds. The molecule has 0 aliphatic carbocycles. The molecular formula is C19H11N3O. The van der Waals surface area contributed by atoms with Crippen molar-refractivity contribution in [3.63, 3.8) is 0 Å². The molecule has 4 nitrogen and oxygen atoms in total. The molecule has 4 heteroatoms. The molecule has 5 aromatic rings. The van der Waals surface area contributed by atoms with E-state index >= 15 is 0 Å². The van der Waals surface area contributed by atoms with E-state index < -0.39 is 0 Å². The summed E-state index contributed by atoms with van der Waals surface area (Å²) in [6, 6.07) is 16.0. The first-order valence-corrected chi connectivity index (χ1v) is 7.37. The molecule has 4 aromatic heterocycles. The minimum atomic E-state index is 0.762. The molecule has 0 spiro atoms. The smallest absolute Gasteiger partial charge is 0.153 e. The van der Waals surface area contributed by atoms with Crippen LogP contribution in [-0.4, -0.2) is 15.0 Å². The van der Waals surface area contributed by atoms with E-state index in [-0.39, 0.29) is 0 Å². The molecule has 0 N–H and O–H groups in total. The molecule has 0 unspecified atom stereocenters. The summed E-state index contributed by atoms with van der Waals surface area (Å²) < 4.78 is 5.87. The summed E-state index contributed by atoms with van der Waals surface area (Å²) in [5.74, 6) is 0. The Bertz CT molecular complexity index is 1180. The van der Waals surface area contributed by atoms with Gasteiger partial charge in [-0.05, 0) is 24.3 Å². The Morgan fingerprint density at radius 2 is 1.78 bits per heavy atom. The van der Waals surface area contributed by atoms with E-state index in [0.717, 1.165) is 44.2 Å². The van der Waals surface area contributed by atoms with Crippen LogP contribution in [0, 0.1) is 0 Å². The molecule has 5 rings (SSSR count). The second-order valence-electron chi connectivity index (χ2n) is 5.40. The average molecular weight is 297 g/mol. The van der Waals surface area contributed by atoms with Crippen molar-refractivity contribution in [3.8, 4) is 11.4 Å². The Kier molecular flexibility index (Phi) is 2.46. The maximum Gasteiger partial charge on any atom is 0.153 e. The van der Waals surface area contributed by atoms with Crippen molar-refractivity contribution >= 4 is 32.8 Å². The average Bonchev–Trinajstić information content (AvgIpc) is 3.00. The lowest BCUT2D eigenvalue weighted by molar-refractivity contribution is 0.666. The summed E-state index contributed by atoms with van der Waals surface area (Å²) >= 11 is 0. The maximum atomic E-state index is 5.87. The van der Waals surface area contributed by atoms with Gasteiger partial charge in [-0.1, -0.05) is 24.3 Å². The van der Waals surface area contributed by atoms with E-state index in [0.29, 0.717) is 0 Å². The first kappa shape index (κ1) is 12.3. The summed E-state index contributed by atoms with van der Waals surface area (Å²) in [5.41, 5.74) is 4.19. The SMILES string of the molecule is c1ccc2nc(-c3nccc4oc5cnccc5c34)ccc2c1. The quantitative estimate of drug-likeness (QED) is 0.454. The van der Waals surface area contributed by atoms with Gasteiger partial charge < -0.3 is 4.42 Å². The highest BCUT2D eigenvalue weighted by Crippen LogP contribution is 2.34. The predicted octanol–water partition coefficient (Wildman–Crippen LogP) is 4.59. The third-order valence-electron chi connectivity index (χ3n) is 4.03. The zero-order valence-electron chi connectivity index (χ0n) is 12.1. The van der Waals surface area contributed by atoms with Crippen molar-refractivity contribution in [1.29, 1.82) is 0 Å². The van der Waals surface area contributed by atoms with Gasteiger partial charge in [0.1, 0.15) is 11.3 Å². The van der Waals surface area contributed by atoms with Crippen LogP contribution in [0.25, 0.3) is 44.2 Å². The molecule has 0 aliphatic heterocycles. The summed E-state index contributed by atoms with van der Waals surface area (Å²) in [6.45, 7) is 0. The van der Waals surface area contributed by atoms with Crippen LogP contribution >= 0.6 is 0 Å². The topological polar surface area (TPSA) is 51.8 Å². The number of furan rings is 1. The highest BCUT2D eigenvalue weighted by molar-refractivity contribution is 6.10. The Morgan fingerprint density at radius 1 is 0.826 bits per heavy atom. The number of hydrogen-bond donors (Lipinski definition) is 0. The third kappa shape index (κ3) is 1.82. The van der Waals surface area contributed by atoms with Crippen LogP contribution < -0.4 is 0 Å². The van der Waals surface area contributed by atoms with Gasteiger partial charge in [0.2, 0.25) is 0 Å². The summed E-state index contributed by atoms with van der Waals surface area (Å²) in [6.07, 6.45) is 5.25. The molecule has 23 heavy (non-hydrogen) atoms. The van der Waals surface area contributed by atoms with Gasteiger partial charge in [0.25, 0.3) is 0 Å². The molecule has 108 valence electrons. The van der Waals surface area contributed by atoms with Crippen molar-refractivity contribution in [1.82, 2.24) is 15.0 Å². The van der Waals surface area contributed by atoms with E-state index in [1.54, 1.807) is 18.6 Å². The van der Waals surface area contributed by atoms with E-state index in [9.17, 15) is 0 Å². The number of nitrogens with zero attached hydrogens (tertiary/aromatic N) is 3. The normalized spacial score (nSPS) is 11.5. The van der Waals surface area contributed by atoms with E-state index in [1.807, 2.05) is 36.4 Å². The molecule has 0 atom stereocenters. The molecule has 0 saturated carbocycles. The Labute approximate surface area is 131 Å². The first-order valence-electron chi connectivity index (χ1n) is 7.37. The second-order valence-corrected chi connectivity index (χ2v) is 5.40. The molecule has 0 fully saturated rings. The fourth-order valence-electron chi connectivity index (χ4n) is 2.97. The van der Waals surface area contributed by atoms with Crippen LogP contribution in [-0.2, 0) is 0 Å². The van der Waals surface area contributed by atoms with Gasteiger partial charge in [-0.3, -0.25) is 9.97 Å². The summed E-state index contributed by atoms with van der Waals surface area (Å²) in [4.78, 5) is 13.4. The van der Waals surface area contributed by atoms with Crippen molar-refractivity contribution in [2.45, 2.75) is 0 Å². The summed E-state index contributed by atoms with van der Waals surface area (Å²) in [5, 5.41) is 3.10. The van der Waals surface area contributed by atoms with Crippen LogP contribution in [0.1, 0.15) is 0 Å². The number of fused-ring (bicyclic) bond motifs is 4. The fraction of sp³-hybridized carbons (Fsp3) is 0. The molecule has 0 saturated heterocycles. The monoisotopic (exact) mass is 297 g/mol. The molecule has 1 aromatic carbocycles. The van der Waals surface area contributed by atoms with E-state index in [1.165, 1.54) is 0 Å². The highest BCUT2D eigenvalue weighted by atomic mass is 16.3. The van der Waals surface area contributed by atoms with Gasteiger partial charge in [-0.15, -0.1) is 0 Å². The van der Waals surface area contributed by atoms with Crippen molar-refractivity contribution in [2.24, 2.45) is 0 Å². The minimum Gasteiger partial charge on any atom is -0.454 e. The number of benzene rings is 1. The Hall–Kier alpha value is -3.27.